The van der Waals surface area contributed by atoms with Gasteiger partial charge in [-0.25, -0.2) is 13.1 Å². The minimum absolute atomic E-state index is 0.466. The molecule has 1 aliphatic heterocycles. The van der Waals surface area contributed by atoms with Crippen LogP contribution in [0.4, 0.5) is 0 Å². The van der Waals surface area contributed by atoms with E-state index in [2.05, 4.69) is 4.72 Å². The van der Waals surface area contributed by atoms with Crippen molar-refractivity contribution in [1.29, 1.82) is 0 Å². The highest BCUT2D eigenvalue weighted by Gasteiger charge is 2.23. The Balaban J connectivity index is 2.66. The minimum Gasteiger partial charge on any atom is -0.211 e. The van der Waals surface area contributed by atoms with Crippen LogP contribution in [0.5, 0.6) is 0 Å². The van der Waals surface area contributed by atoms with E-state index in [-0.39, 0.29) is 0 Å². The molecule has 1 aliphatic rings. The molecule has 1 N–H and O–H groups in total. The van der Waals surface area contributed by atoms with Crippen molar-refractivity contribution >= 4 is 21.4 Å². The van der Waals surface area contributed by atoms with E-state index in [4.69, 9.17) is 0 Å². The van der Waals surface area contributed by atoms with Crippen molar-refractivity contribution in [2.75, 3.05) is 6.54 Å². The first-order chi connectivity index (χ1) is 5.20. The summed E-state index contributed by atoms with van der Waals surface area (Å²) in [5.74, 6) is 0. The summed E-state index contributed by atoms with van der Waals surface area (Å²) in [6.07, 6.45) is 0.826. The molecule has 11 heavy (non-hydrogen) atoms. The Morgan fingerprint density at radius 3 is 3.09 bits per heavy atom. The fraction of sp³-hybridized carbons (Fsp3) is 0.333. The quantitative estimate of drug-likeness (QED) is 0.649. The normalized spacial score (nSPS) is 21.1. The van der Waals surface area contributed by atoms with Crippen molar-refractivity contribution < 1.29 is 8.42 Å². The van der Waals surface area contributed by atoms with Crippen molar-refractivity contribution in [2.45, 2.75) is 11.3 Å². The first-order valence-electron chi connectivity index (χ1n) is 3.26. The van der Waals surface area contributed by atoms with E-state index in [0.29, 0.717) is 11.4 Å². The highest BCUT2D eigenvalue weighted by Crippen LogP contribution is 2.24. The molecule has 0 saturated carbocycles. The van der Waals surface area contributed by atoms with Crippen LogP contribution in [0, 0.1) is 0 Å². The second-order valence-electron chi connectivity index (χ2n) is 2.36. The van der Waals surface area contributed by atoms with Crippen LogP contribution in [0.15, 0.2) is 16.3 Å². The maximum absolute atomic E-state index is 11.2. The molecule has 60 valence electrons. The molecule has 3 nitrogen and oxygen atoms in total. The number of hydrogen-bond donors (Lipinski definition) is 1. The predicted molar refractivity (Wildman–Crippen MR) is 43.2 cm³/mol. The smallest absolute Gasteiger partial charge is 0.211 e. The zero-order valence-electron chi connectivity index (χ0n) is 5.70. The van der Waals surface area contributed by atoms with E-state index in [1.165, 1.54) is 11.3 Å². The van der Waals surface area contributed by atoms with Crippen LogP contribution in [0.3, 0.4) is 0 Å². The van der Waals surface area contributed by atoms with Crippen LogP contribution in [0.2, 0.25) is 0 Å². The summed E-state index contributed by atoms with van der Waals surface area (Å²) in [7, 11) is -3.14. The van der Waals surface area contributed by atoms with E-state index >= 15 is 0 Å². The topological polar surface area (TPSA) is 46.2 Å². The fourth-order valence-electron chi connectivity index (χ4n) is 1.13. The molecule has 0 saturated heterocycles. The lowest BCUT2D eigenvalue weighted by Gasteiger charge is -2.12. The molecule has 0 aromatic carbocycles. The molecule has 1 aromatic heterocycles. The van der Waals surface area contributed by atoms with Gasteiger partial charge in [-0.2, -0.15) is 0 Å². The summed E-state index contributed by atoms with van der Waals surface area (Å²) >= 11 is 1.51. The van der Waals surface area contributed by atoms with Crippen LogP contribution < -0.4 is 4.72 Å². The maximum Gasteiger partial charge on any atom is 0.241 e. The first-order valence-corrected chi connectivity index (χ1v) is 5.62. The lowest BCUT2D eigenvalue weighted by molar-refractivity contribution is 0.575. The summed E-state index contributed by atoms with van der Waals surface area (Å²) in [5.41, 5.74) is 0. The number of thiophene rings is 1. The highest BCUT2D eigenvalue weighted by molar-refractivity contribution is 7.89. The standard InChI is InChI=1S/C6H7NO2S2/c8-11(9)6-2-4-10-5(6)1-3-7-11/h2,4,7H,1,3H2. The molecule has 0 atom stereocenters. The summed E-state index contributed by atoms with van der Waals surface area (Å²) < 4.78 is 24.9. The van der Waals surface area contributed by atoms with E-state index in [9.17, 15) is 8.42 Å². The Morgan fingerprint density at radius 2 is 2.36 bits per heavy atom. The molecule has 0 unspecified atom stereocenters. The molecule has 0 fully saturated rings. The SMILES string of the molecule is O=S1(=O)NCCc2sccc21. The third-order valence-electron chi connectivity index (χ3n) is 1.64. The minimum atomic E-state index is -3.14. The van der Waals surface area contributed by atoms with Crippen molar-refractivity contribution in [2.24, 2.45) is 0 Å². The Hall–Kier alpha value is -0.390. The number of fused-ring (bicyclic) bond motifs is 1. The molecule has 0 radical (unpaired) electrons. The molecule has 2 heterocycles. The van der Waals surface area contributed by atoms with Gasteiger partial charge in [0.15, 0.2) is 0 Å². The molecular formula is C6H7NO2S2. The third kappa shape index (κ3) is 1.09. The molecule has 2 rings (SSSR count). The van der Waals surface area contributed by atoms with Gasteiger partial charge in [0.2, 0.25) is 10.0 Å². The van der Waals surface area contributed by atoms with Crippen molar-refractivity contribution in [1.82, 2.24) is 4.72 Å². The lowest BCUT2D eigenvalue weighted by Crippen LogP contribution is -2.30. The zero-order chi connectivity index (χ0) is 7.90. The fourth-order valence-corrected chi connectivity index (χ4v) is 3.63. The van der Waals surface area contributed by atoms with E-state index in [1.54, 1.807) is 6.07 Å². The Morgan fingerprint density at radius 1 is 1.55 bits per heavy atom. The highest BCUT2D eigenvalue weighted by atomic mass is 32.2. The van der Waals surface area contributed by atoms with Crippen LogP contribution in [-0.4, -0.2) is 15.0 Å². The lowest BCUT2D eigenvalue weighted by atomic mass is 10.3. The first kappa shape index (κ1) is 7.27. The van der Waals surface area contributed by atoms with Gasteiger partial charge in [-0.1, -0.05) is 0 Å². The maximum atomic E-state index is 11.2. The van der Waals surface area contributed by atoms with Gasteiger partial charge in [0.25, 0.3) is 0 Å². The van der Waals surface area contributed by atoms with Gasteiger partial charge in [-0.05, 0) is 17.9 Å². The zero-order valence-corrected chi connectivity index (χ0v) is 7.33. The Labute approximate surface area is 69.1 Å². The van der Waals surface area contributed by atoms with Gasteiger partial charge < -0.3 is 0 Å². The summed E-state index contributed by atoms with van der Waals surface area (Å²) in [5, 5.41) is 1.81. The monoisotopic (exact) mass is 189 g/mol. The van der Waals surface area contributed by atoms with Gasteiger partial charge in [0.1, 0.15) is 0 Å². The van der Waals surface area contributed by atoms with Crippen molar-refractivity contribution in [3.63, 3.8) is 0 Å². The molecule has 1 aromatic rings. The summed E-state index contributed by atoms with van der Waals surface area (Å²) in [4.78, 5) is 1.44. The average molecular weight is 189 g/mol. The number of hydrogen-bond acceptors (Lipinski definition) is 3. The predicted octanol–water partition coefficient (Wildman–Crippen LogP) is 0.583. The van der Waals surface area contributed by atoms with Crippen LogP contribution >= 0.6 is 11.3 Å². The second-order valence-corrected chi connectivity index (χ2v) is 5.09. The molecular weight excluding hydrogens is 182 g/mol. The molecule has 0 spiro atoms. The molecule has 0 amide bonds. The third-order valence-corrected chi connectivity index (χ3v) is 4.29. The van der Waals surface area contributed by atoms with Crippen molar-refractivity contribution in [3.05, 3.63) is 16.3 Å². The van der Waals surface area contributed by atoms with Crippen LogP contribution in [0.25, 0.3) is 0 Å². The van der Waals surface area contributed by atoms with E-state index < -0.39 is 10.0 Å². The van der Waals surface area contributed by atoms with Gasteiger partial charge in [0.05, 0.1) is 4.90 Å². The Bertz CT molecular complexity index is 366. The van der Waals surface area contributed by atoms with Crippen LogP contribution in [0.1, 0.15) is 4.88 Å². The number of sulfonamides is 1. The van der Waals surface area contributed by atoms with Crippen molar-refractivity contribution in [3.8, 4) is 0 Å². The summed E-state index contributed by atoms with van der Waals surface area (Å²) in [6, 6.07) is 1.65. The number of rotatable bonds is 0. The van der Waals surface area contributed by atoms with E-state index in [0.717, 1.165) is 11.3 Å². The molecule has 5 heteroatoms. The number of nitrogens with one attached hydrogen (secondary N) is 1. The van der Waals surface area contributed by atoms with Gasteiger partial charge in [-0.3, -0.25) is 0 Å². The van der Waals surface area contributed by atoms with E-state index in [1.807, 2.05) is 5.38 Å². The van der Waals surface area contributed by atoms with Crippen LogP contribution in [-0.2, 0) is 16.4 Å². The van der Waals surface area contributed by atoms with Gasteiger partial charge >= 0.3 is 0 Å². The van der Waals surface area contributed by atoms with Gasteiger partial charge in [-0.15, -0.1) is 11.3 Å². The van der Waals surface area contributed by atoms with Gasteiger partial charge in [0, 0.05) is 11.4 Å². The largest absolute Gasteiger partial charge is 0.241 e. The second kappa shape index (κ2) is 2.30. The average Bonchev–Trinajstić information content (AvgIpc) is 2.34. The molecule has 0 bridgehead atoms. The molecule has 0 aliphatic carbocycles. The Kier molecular flexibility index (Phi) is 1.52. The summed E-state index contributed by atoms with van der Waals surface area (Å²) in [6.45, 7) is 0.538.